The fourth-order valence-corrected chi connectivity index (χ4v) is 3.22. The van der Waals surface area contributed by atoms with E-state index in [1.807, 2.05) is 6.07 Å². The number of rotatable bonds is 5. The summed E-state index contributed by atoms with van der Waals surface area (Å²) in [6, 6.07) is 12.0. The van der Waals surface area contributed by atoms with Gasteiger partial charge in [-0.05, 0) is 67.8 Å². The molecule has 0 radical (unpaired) electrons. The molecule has 1 aliphatic rings. The van der Waals surface area contributed by atoms with E-state index in [4.69, 9.17) is 11.6 Å². The molecule has 1 amide bonds. The number of nitrogens with zero attached hydrogens (tertiary/aromatic N) is 2. The Morgan fingerprint density at radius 1 is 1.17 bits per heavy atom. The van der Waals surface area contributed by atoms with Crippen LogP contribution >= 0.6 is 11.6 Å². The zero-order valence-electron chi connectivity index (χ0n) is 16.0. The van der Waals surface area contributed by atoms with Gasteiger partial charge in [-0.2, -0.15) is 5.10 Å². The Balaban J connectivity index is 1.51. The molecule has 30 heavy (non-hydrogen) atoms. The molecule has 0 saturated heterocycles. The van der Waals surface area contributed by atoms with Crippen molar-refractivity contribution >= 4 is 23.3 Å². The monoisotopic (exact) mass is 428 g/mol. The molecule has 5 nitrogen and oxygen atoms in total. The van der Waals surface area contributed by atoms with Crippen LogP contribution in [0.4, 0.5) is 8.78 Å². The smallest absolute Gasteiger partial charge is 0.256 e. The number of carbonyl (C=O) groups excluding carboxylic acids is 1. The van der Waals surface area contributed by atoms with E-state index in [-0.39, 0.29) is 22.4 Å². The van der Waals surface area contributed by atoms with Gasteiger partial charge in [0.1, 0.15) is 17.5 Å². The highest BCUT2D eigenvalue weighted by Crippen LogP contribution is 2.23. The van der Waals surface area contributed by atoms with Gasteiger partial charge in [0.15, 0.2) is 0 Å². The van der Waals surface area contributed by atoms with Crippen LogP contribution in [-0.2, 0) is 6.42 Å². The predicted octanol–water partition coefficient (Wildman–Crippen LogP) is 4.93. The number of hydrogen-bond donors (Lipinski definition) is 2. The van der Waals surface area contributed by atoms with Crippen molar-refractivity contribution in [1.82, 2.24) is 15.5 Å². The Labute approximate surface area is 177 Å². The van der Waals surface area contributed by atoms with E-state index in [1.54, 1.807) is 12.1 Å². The van der Waals surface area contributed by atoms with Gasteiger partial charge in [-0.15, -0.1) is 0 Å². The molecular weight excluding hydrogens is 410 g/mol. The summed E-state index contributed by atoms with van der Waals surface area (Å²) in [5.74, 6) is -0.943. The van der Waals surface area contributed by atoms with Gasteiger partial charge in [0.05, 0.1) is 16.8 Å². The van der Waals surface area contributed by atoms with Crippen molar-refractivity contribution < 1.29 is 13.6 Å². The van der Waals surface area contributed by atoms with Crippen molar-refractivity contribution in [2.24, 2.45) is 4.99 Å². The molecule has 0 atom stereocenters. The highest BCUT2D eigenvalue weighted by molar-refractivity contribution is 6.30. The van der Waals surface area contributed by atoms with Crippen LogP contribution in [-0.4, -0.2) is 28.0 Å². The maximum atomic E-state index is 13.7. The Kier molecular flexibility index (Phi) is 5.90. The number of hydrogen-bond acceptors (Lipinski definition) is 3. The lowest BCUT2D eigenvalue weighted by atomic mass is 9.94. The van der Waals surface area contributed by atoms with Crippen molar-refractivity contribution in [1.29, 1.82) is 0 Å². The second-order valence-corrected chi connectivity index (χ2v) is 7.61. The fourth-order valence-electron chi connectivity index (χ4n) is 3.10. The first-order valence-electron chi connectivity index (χ1n) is 9.61. The van der Waals surface area contributed by atoms with Crippen LogP contribution in [0.5, 0.6) is 0 Å². The summed E-state index contributed by atoms with van der Waals surface area (Å²) < 4.78 is 26.8. The standard InChI is InChI=1S/C22H19ClF2N4O/c23-18-9-6-14(10-19(18)25)22(30)27-21(26-16-2-1-3-16)12-17-11-20(29-28-17)13-4-7-15(24)8-5-13/h4-11,16H,1-3,12H2,(H,28,29)(H,26,27,30). The number of halogens is 3. The molecule has 1 fully saturated rings. The van der Waals surface area contributed by atoms with Crippen molar-refractivity contribution in [3.8, 4) is 11.3 Å². The van der Waals surface area contributed by atoms with Gasteiger partial charge >= 0.3 is 0 Å². The molecule has 1 aromatic heterocycles. The molecule has 1 aliphatic carbocycles. The van der Waals surface area contributed by atoms with Crippen LogP contribution in [0.2, 0.25) is 5.02 Å². The number of aromatic amines is 1. The van der Waals surface area contributed by atoms with E-state index >= 15 is 0 Å². The lowest BCUT2D eigenvalue weighted by molar-refractivity contribution is 0.0976. The van der Waals surface area contributed by atoms with E-state index < -0.39 is 11.7 Å². The van der Waals surface area contributed by atoms with E-state index in [2.05, 4.69) is 20.5 Å². The summed E-state index contributed by atoms with van der Waals surface area (Å²) >= 11 is 5.69. The van der Waals surface area contributed by atoms with Gasteiger partial charge in [-0.3, -0.25) is 14.9 Å². The predicted molar refractivity (Wildman–Crippen MR) is 112 cm³/mol. The number of H-pyrrole nitrogens is 1. The summed E-state index contributed by atoms with van der Waals surface area (Å²) in [4.78, 5) is 17.2. The van der Waals surface area contributed by atoms with Gasteiger partial charge in [0, 0.05) is 23.2 Å². The third-order valence-electron chi connectivity index (χ3n) is 4.98. The Bertz CT molecular complexity index is 1090. The highest BCUT2D eigenvalue weighted by Gasteiger charge is 2.19. The lowest BCUT2D eigenvalue weighted by Crippen LogP contribution is -2.34. The minimum Gasteiger partial charge on any atom is -0.310 e. The van der Waals surface area contributed by atoms with Gasteiger partial charge < -0.3 is 5.32 Å². The number of benzene rings is 2. The number of amides is 1. The van der Waals surface area contributed by atoms with Crippen LogP contribution in [0.15, 0.2) is 53.5 Å². The molecular formula is C22H19ClF2N4O. The Morgan fingerprint density at radius 3 is 2.60 bits per heavy atom. The fraction of sp³-hybridized carbons (Fsp3) is 0.227. The minimum absolute atomic E-state index is 0.0410. The van der Waals surface area contributed by atoms with Crippen molar-refractivity contribution in [3.63, 3.8) is 0 Å². The minimum atomic E-state index is -0.653. The first-order valence-corrected chi connectivity index (χ1v) is 9.99. The summed E-state index contributed by atoms with van der Waals surface area (Å²) in [5, 5.41) is 9.94. The molecule has 154 valence electrons. The number of aliphatic imine (C=N–C) groups is 1. The van der Waals surface area contributed by atoms with Crippen LogP contribution in [0.1, 0.15) is 35.3 Å². The lowest BCUT2D eigenvalue weighted by Gasteiger charge is -2.22. The second-order valence-electron chi connectivity index (χ2n) is 7.21. The van der Waals surface area contributed by atoms with E-state index in [0.717, 1.165) is 36.6 Å². The maximum Gasteiger partial charge on any atom is 0.256 e. The average molecular weight is 429 g/mol. The normalized spacial score (nSPS) is 14.4. The first kappa shape index (κ1) is 20.2. The zero-order valence-corrected chi connectivity index (χ0v) is 16.7. The Morgan fingerprint density at radius 2 is 1.93 bits per heavy atom. The summed E-state index contributed by atoms with van der Waals surface area (Å²) in [5.41, 5.74) is 2.35. The quantitative estimate of drug-likeness (QED) is 0.446. The maximum absolute atomic E-state index is 13.7. The van der Waals surface area contributed by atoms with Crippen LogP contribution in [0.3, 0.4) is 0 Å². The molecule has 4 rings (SSSR count). The average Bonchev–Trinajstić information content (AvgIpc) is 3.15. The third kappa shape index (κ3) is 4.74. The Hall–Kier alpha value is -3.06. The molecule has 3 aromatic rings. The second kappa shape index (κ2) is 8.75. The van der Waals surface area contributed by atoms with Gasteiger partial charge in [0.25, 0.3) is 5.91 Å². The number of carbonyl (C=O) groups is 1. The van der Waals surface area contributed by atoms with Gasteiger partial charge in [0.2, 0.25) is 0 Å². The third-order valence-corrected chi connectivity index (χ3v) is 5.29. The SMILES string of the molecule is O=C(NC(Cc1cc(-c2ccc(F)cc2)n[nH]1)=NC1CCC1)c1ccc(Cl)c(F)c1. The van der Waals surface area contributed by atoms with Crippen molar-refractivity contribution in [2.45, 2.75) is 31.7 Å². The summed E-state index contributed by atoms with van der Waals surface area (Å²) in [6.07, 6.45) is 3.38. The first-order chi connectivity index (χ1) is 14.5. The van der Waals surface area contributed by atoms with Crippen LogP contribution in [0.25, 0.3) is 11.3 Å². The van der Waals surface area contributed by atoms with Crippen molar-refractivity contribution in [3.05, 3.63) is 76.4 Å². The van der Waals surface area contributed by atoms with Gasteiger partial charge in [-0.1, -0.05) is 11.6 Å². The number of nitrogens with one attached hydrogen (secondary N) is 2. The molecule has 0 spiro atoms. The number of amidine groups is 1. The molecule has 0 aliphatic heterocycles. The molecule has 2 aromatic carbocycles. The van der Waals surface area contributed by atoms with E-state index in [9.17, 15) is 13.6 Å². The molecule has 0 bridgehead atoms. The largest absolute Gasteiger partial charge is 0.310 e. The summed E-state index contributed by atoms with van der Waals surface area (Å²) in [6.45, 7) is 0. The van der Waals surface area contributed by atoms with E-state index in [0.29, 0.717) is 18.0 Å². The van der Waals surface area contributed by atoms with Crippen LogP contribution < -0.4 is 5.32 Å². The molecule has 1 saturated carbocycles. The van der Waals surface area contributed by atoms with Crippen molar-refractivity contribution in [2.75, 3.05) is 0 Å². The molecule has 8 heteroatoms. The summed E-state index contributed by atoms with van der Waals surface area (Å²) in [7, 11) is 0. The zero-order chi connectivity index (χ0) is 21.1. The molecule has 2 N–H and O–H groups in total. The molecule has 1 heterocycles. The van der Waals surface area contributed by atoms with Gasteiger partial charge in [-0.25, -0.2) is 8.78 Å². The van der Waals surface area contributed by atoms with Crippen LogP contribution in [0, 0.1) is 11.6 Å². The molecule has 0 unspecified atom stereocenters. The number of aromatic nitrogens is 2. The topological polar surface area (TPSA) is 70.1 Å². The highest BCUT2D eigenvalue weighted by atomic mass is 35.5. The van der Waals surface area contributed by atoms with E-state index in [1.165, 1.54) is 24.3 Å².